The van der Waals surface area contributed by atoms with E-state index in [1.807, 2.05) is 0 Å². The van der Waals surface area contributed by atoms with Gasteiger partial charge in [-0.2, -0.15) is 0 Å². The van der Waals surface area contributed by atoms with Crippen molar-refractivity contribution in [3.63, 3.8) is 0 Å². The first-order chi connectivity index (χ1) is 8.90. The quantitative estimate of drug-likeness (QED) is 0.756. The van der Waals surface area contributed by atoms with Gasteiger partial charge in [0.05, 0.1) is 0 Å². The van der Waals surface area contributed by atoms with Crippen molar-refractivity contribution in [2.75, 3.05) is 0 Å². The van der Waals surface area contributed by atoms with Gasteiger partial charge in [0, 0.05) is 17.7 Å². The van der Waals surface area contributed by atoms with Crippen LogP contribution < -0.4 is 0 Å². The van der Waals surface area contributed by atoms with E-state index in [0.29, 0.717) is 17.9 Å². The van der Waals surface area contributed by atoms with E-state index < -0.39 is 5.82 Å². The van der Waals surface area contributed by atoms with Gasteiger partial charge in [0.15, 0.2) is 0 Å². The van der Waals surface area contributed by atoms with Gasteiger partial charge in [0.25, 0.3) is 0 Å². The van der Waals surface area contributed by atoms with Crippen molar-refractivity contribution in [1.29, 1.82) is 0 Å². The van der Waals surface area contributed by atoms with Gasteiger partial charge in [-0.15, -0.1) is 0 Å². The lowest BCUT2D eigenvalue weighted by atomic mass is 9.94. The fourth-order valence-electron chi connectivity index (χ4n) is 2.27. The van der Waals surface area contributed by atoms with Crippen molar-refractivity contribution in [2.24, 2.45) is 11.8 Å². The van der Waals surface area contributed by atoms with Crippen LogP contribution in [0.1, 0.15) is 52.0 Å². The lowest BCUT2D eigenvalue weighted by molar-refractivity contribution is 0.409. The Labute approximate surface area is 115 Å². The molecule has 0 radical (unpaired) electrons. The summed E-state index contributed by atoms with van der Waals surface area (Å²) in [4.78, 5) is 0. The predicted octanol–water partition coefficient (Wildman–Crippen LogP) is 4.63. The first kappa shape index (κ1) is 15.8. The minimum atomic E-state index is -0.608. The summed E-state index contributed by atoms with van der Waals surface area (Å²) in [6.45, 7) is 6.62. The monoisotopic (exact) mass is 268 g/mol. The summed E-state index contributed by atoms with van der Waals surface area (Å²) in [7, 11) is 0. The second-order valence-corrected chi connectivity index (χ2v) is 5.89. The Kier molecular flexibility index (Phi) is 6.13. The summed E-state index contributed by atoms with van der Waals surface area (Å²) in [6.07, 6.45) is 5.07. The van der Waals surface area contributed by atoms with Crippen LogP contribution >= 0.6 is 0 Å². The van der Waals surface area contributed by atoms with Gasteiger partial charge in [-0.25, -0.2) is 4.39 Å². The number of aromatic hydroxyl groups is 2. The highest BCUT2D eigenvalue weighted by molar-refractivity contribution is 5.43. The molecule has 1 atom stereocenters. The third-order valence-electron chi connectivity index (χ3n) is 3.53. The number of halogens is 1. The molecule has 0 fully saturated rings. The van der Waals surface area contributed by atoms with Gasteiger partial charge in [-0.05, 0) is 24.7 Å². The molecule has 0 saturated carbocycles. The highest BCUT2D eigenvalue weighted by atomic mass is 19.1. The second kappa shape index (κ2) is 7.37. The van der Waals surface area contributed by atoms with E-state index in [1.54, 1.807) is 0 Å². The molecule has 0 aromatic heterocycles. The molecular weight excluding hydrogens is 243 g/mol. The molecule has 3 heteroatoms. The number of hydrogen-bond acceptors (Lipinski definition) is 2. The van der Waals surface area contributed by atoms with E-state index in [4.69, 9.17) is 0 Å². The van der Waals surface area contributed by atoms with E-state index >= 15 is 0 Å². The van der Waals surface area contributed by atoms with Crippen molar-refractivity contribution in [2.45, 2.75) is 52.9 Å². The van der Waals surface area contributed by atoms with Crippen LogP contribution in [0.15, 0.2) is 12.1 Å². The molecule has 0 saturated heterocycles. The molecule has 0 aliphatic heterocycles. The number of hydrogen-bond donors (Lipinski definition) is 2. The predicted molar refractivity (Wildman–Crippen MR) is 75.9 cm³/mol. The molecule has 108 valence electrons. The third-order valence-corrected chi connectivity index (χ3v) is 3.53. The van der Waals surface area contributed by atoms with Gasteiger partial charge in [-0.1, -0.05) is 40.0 Å². The van der Waals surface area contributed by atoms with Gasteiger partial charge in [-0.3, -0.25) is 0 Å². The van der Waals surface area contributed by atoms with Crippen molar-refractivity contribution in [3.05, 3.63) is 23.5 Å². The minimum Gasteiger partial charge on any atom is -0.507 e. The maximum Gasteiger partial charge on any atom is 0.130 e. The Morgan fingerprint density at radius 2 is 1.58 bits per heavy atom. The fourth-order valence-corrected chi connectivity index (χ4v) is 2.27. The zero-order valence-corrected chi connectivity index (χ0v) is 12.1. The summed E-state index contributed by atoms with van der Waals surface area (Å²) >= 11 is 0. The van der Waals surface area contributed by atoms with Crippen LogP contribution in [0.3, 0.4) is 0 Å². The summed E-state index contributed by atoms with van der Waals surface area (Å²) in [5, 5.41) is 19.3. The molecule has 0 spiro atoms. The summed E-state index contributed by atoms with van der Waals surface area (Å²) < 4.78 is 12.9. The minimum absolute atomic E-state index is 0.146. The normalized spacial score (nSPS) is 12.9. The molecule has 19 heavy (non-hydrogen) atoms. The average molecular weight is 268 g/mol. The van der Waals surface area contributed by atoms with E-state index in [2.05, 4.69) is 20.8 Å². The first-order valence-corrected chi connectivity index (χ1v) is 7.10. The maximum atomic E-state index is 12.9. The van der Waals surface area contributed by atoms with Crippen LogP contribution in [0.2, 0.25) is 0 Å². The molecular formula is C16H25FO2. The van der Waals surface area contributed by atoms with Crippen LogP contribution in [0.25, 0.3) is 0 Å². The van der Waals surface area contributed by atoms with Crippen LogP contribution in [-0.2, 0) is 6.42 Å². The van der Waals surface area contributed by atoms with E-state index in [9.17, 15) is 14.6 Å². The highest BCUT2D eigenvalue weighted by Crippen LogP contribution is 2.30. The van der Waals surface area contributed by atoms with Crippen molar-refractivity contribution in [1.82, 2.24) is 0 Å². The number of rotatable bonds is 7. The van der Waals surface area contributed by atoms with Crippen LogP contribution in [0.4, 0.5) is 4.39 Å². The zero-order chi connectivity index (χ0) is 14.4. The molecule has 0 bridgehead atoms. The van der Waals surface area contributed by atoms with Crippen molar-refractivity contribution < 1.29 is 14.6 Å². The number of phenols is 2. The number of benzene rings is 1. The molecule has 2 nitrogen and oxygen atoms in total. The molecule has 1 aromatic carbocycles. The van der Waals surface area contributed by atoms with Crippen molar-refractivity contribution in [3.8, 4) is 11.5 Å². The first-order valence-electron chi connectivity index (χ1n) is 7.10. The third kappa shape index (κ3) is 5.50. The Morgan fingerprint density at radius 3 is 2.11 bits per heavy atom. The molecule has 1 unspecified atom stereocenters. The van der Waals surface area contributed by atoms with E-state index in [0.717, 1.165) is 30.9 Å². The Balaban J connectivity index is 2.44. The van der Waals surface area contributed by atoms with Gasteiger partial charge in [0.1, 0.15) is 17.3 Å². The number of phenolic OH excluding ortho intramolecular Hbond substituents is 2. The Morgan fingerprint density at radius 1 is 1.00 bits per heavy atom. The standard InChI is InChI=1S/C16H25FO2/c1-11(2)5-4-6-12(3)7-8-14-15(18)9-13(17)10-16(14)19/h9-12,18-19H,4-8H2,1-3H3. The van der Waals surface area contributed by atoms with E-state index in [1.165, 1.54) is 12.8 Å². The maximum absolute atomic E-state index is 12.9. The summed E-state index contributed by atoms with van der Waals surface area (Å²) in [6, 6.07) is 2.11. The molecule has 1 aromatic rings. The van der Waals surface area contributed by atoms with Gasteiger partial charge >= 0.3 is 0 Å². The molecule has 0 aliphatic carbocycles. The van der Waals surface area contributed by atoms with Crippen LogP contribution in [0.5, 0.6) is 11.5 Å². The summed E-state index contributed by atoms with van der Waals surface area (Å²) in [5.74, 6) is 0.377. The largest absolute Gasteiger partial charge is 0.507 e. The Bertz CT molecular complexity index is 379. The summed E-state index contributed by atoms with van der Waals surface area (Å²) in [5.41, 5.74) is 0.456. The molecule has 2 N–H and O–H groups in total. The van der Waals surface area contributed by atoms with Crippen LogP contribution in [0, 0.1) is 17.7 Å². The highest BCUT2D eigenvalue weighted by Gasteiger charge is 2.12. The van der Waals surface area contributed by atoms with Crippen molar-refractivity contribution >= 4 is 0 Å². The lowest BCUT2D eigenvalue weighted by Crippen LogP contribution is -2.00. The zero-order valence-electron chi connectivity index (χ0n) is 12.1. The Hall–Kier alpha value is -1.25. The smallest absolute Gasteiger partial charge is 0.130 e. The molecule has 0 amide bonds. The lowest BCUT2D eigenvalue weighted by Gasteiger charge is -2.13. The SMILES string of the molecule is CC(C)CCCC(C)CCc1c(O)cc(F)cc1O. The fraction of sp³-hybridized carbons (Fsp3) is 0.625. The van der Waals surface area contributed by atoms with E-state index in [-0.39, 0.29) is 11.5 Å². The topological polar surface area (TPSA) is 40.5 Å². The second-order valence-electron chi connectivity index (χ2n) is 5.89. The van der Waals surface area contributed by atoms with Gasteiger partial charge in [0.2, 0.25) is 0 Å². The molecule has 1 rings (SSSR count). The molecule has 0 aliphatic rings. The van der Waals surface area contributed by atoms with Crippen LogP contribution in [-0.4, -0.2) is 10.2 Å². The average Bonchev–Trinajstić information content (AvgIpc) is 2.26. The van der Waals surface area contributed by atoms with Gasteiger partial charge < -0.3 is 10.2 Å². The molecule has 0 heterocycles.